The van der Waals surface area contributed by atoms with Crippen molar-refractivity contribution < 1.29 is 24.2 Å². The molecule has 0 bridgehead atoms. The summed E-state index contributed by atoms with van der Waals surface area (Å²) in [4.78, 5) is 39.9. The van der Waals surface area contributed by atoms with Crippen LogP contribution in [0.15, 0.2) is 23.1 Å². The number of carbonyl (C=O) groups is 2. The molecule has 1 aromatic carbocycles. The minimum Gasteiger partial charge on any atom is -0.496 e. The number of fused-ring (bicyclic) bond motifs is 3. The number of ether oxygens (including phenoxy) is 2. The van der Waals surface area contributed by atoms with Gasteiger partial charge >= 0.3 is 6.03 Å². The van der Waals surface area contributed by atoms with Gasteiger partial charge in [0.2, 0.25) is 0 Å². The van der Waals surface area contributed by atoms with E-state index in [2.05, 4.69) is 4.90 Å². The lowest BCUT2D eigenvalue weighted by Crippen LogP contribution is -2.53. The number of aromatic nitrogens is 1. The summed E-state index contributed by atoms with van der Waals surface area (Å²) in [7, 11) is 10.9. The van der Waals surface area contributed by atoms with E-state index in [0.29, 0.717) is 26.1 Å². The van der Waals surface area contributed by atoms with Gasteiger partial charge in [0.25, 0.3) is 12.0 Å². The van der Waals surface area contributed by atoms with Crippen molar-refractivity contribution in [2.75, 3.05) is 48.5 Å². The summed E-state index contributed by atoms with van der Waals surface area (Å²) in [6, 6.07) is 3.86. The number of urea groups is 1. The lowest BCUT2D eigenvalue weighted by Gasteiger charge is -2.43. The molecule has 190 valence electrons. The van der Waals surface area contributed by atoms with E-state index in [-0.39, 0.29) is 24.1 Å². The van der Waals surface area contributed by atoms with Crippen molar-refractivity contribution in [1.29, 1.82) is 0 Å². The topological polar surface area (TPSA) is 105 Å². The Morgan fingerprint density at radius 1 is 1.11 bits per heavy atom. The van der Waals surface area contributed by atoms with Crippen molar-refractivity contribution in [2.45, 2.75) is 25.4 Å². The maximum atomic E-state index is 13.2. The molecule has 1 atom stereocenters. The molecule has 3 heterocycles. The molecule has 1 fully saturated rings. The van der Waals surface area contributed by atoms with E-state index in [1.54, 1.807) is 30.7 Å². The summed E-state index contributed by atoms with van der Waals surface area (Å²) >= 11 is 0. The highest BCUT2D eigenvalue weighted by Gasteiger charge is 2.39. The molecule has 1 N–H and O–H groups in total. The molecule has 0 spiro atoms. The number of amides is 2. The van der Waals surface area contributed by atoms with E-state index in [1.165, 1.54) is 0 Å². The van der Waals surface area contributed by atoms with Crippen LogP contribution in [0.1, 0.15) is 29.2 Å². The molecule has 0 saturated carbocycles. The lowest BCUT2D eigenvalue weighted by atomic mass is 9.86. The minimum absolute atomic E-state index is 0.00395. The Labute approximate surface area is 205 Å². The van der Waals surface area contributed by atoms with Crippen LogP contribution in [0, 0.1) is 0 Å². The second-order valence-corrected chi connectivity index (χ2v) is 9.01. The molecule has 1 unspecified atom stereocenters. The highest BCUT2D eigenvalue weighted by Crippen LogP contribution is 2.41. The maximum Gasteiger partial charge on any atom is 0.320 e. The third-order valence-electron chi connectivity index (χ3n) is 6.54. The van der Waals surface area contributed by atoms with Gasteiger partial charge in [-0.1, -0.05) is 0 Å². The fourth-order valence-electron chi connectivity index (χ4n) is 4.97. The zero-order valence-corrected chi connectivity index (χ0v) is 21.2. The van der Waals surface area contributed by atoms with E-state index < -0.39 is 0 Å². The fraction of sp³-hybridized carbons (Fsp3) is 0.480. The van der Waals surface area contributed by atoms with Crippen LogP contribution in [-0.2, 0) is 24.8 Å². The molecule has 1 saturated heterocycles. The monoisotopic (exact) mass is 486 g/mol. The van der Waals surface area contributed by atoms with Crippen LogP contribution in [0.2, 0.25) is 0 Å². The van der Waals surface area contributed by atoms with Crippen LogP contribution in [0.4, 0.5) is 4.79 Å². The van der Waals surface area contributed by atoms with Crippen molar-refractivity contribution in [1.82, 2.24) is 19.3 Å². The van der Waals surface area contributed by atoms with Crippen LogP contribution in [-0.4, -0.2) is 85.3 Å². The molecular formula is C25H34N4O6. The van der Waals surface area contributed by atoms with Gasteiger partial charge in [0.05, 0.1) is 25.8 Å². The molecule has 2 aliphatic rings. The highest BCUT2D eigenvalue weighted by molar-refractivity contribution is 5.78. The Bertz CT molecular complexity index is 1130. The number of aryl methyl sites for hydroxylation is 1. The van der Waals surface area contributed by atoms with Gasteiger partial charge < -0.3 is 33.8 Å². The number of methoxy groups -OCH3 is 2. The first-order valence-corrected chi connectivity index (χ1v) is 11.4. The third-order valence-corrected chi connectivity index (χ3v) is 6.54. The van der Waals surface area contributed by atoms with Crippen LogP contribution in [0.25, 0.3) is 11.1 Å². The molecule has 0 aliphatic carbocycles. The molecule has 2 amide bonds. The minimum atomic E-state index is -0.250. The highest BCUT2D eigenvalue weighted by atomic mass is 16.5. The molecule has 10 nitrogen and oxygen atoms in total. The summed E-state index contributed by atoms with van der Waals surface area (Å²) < 4.78 is 13.1. The summed E-state index contributed by atoms with van der Waals surface area (Å²) in [5, 5.41) is 6.89. The molecular weight excluding hydrogens is 452 g/mol. The predicted molar refractivity (Wildman–Crippen MR) is 132 cm³/mol. The number of nitrogens with zero attached hydrogens (tertiary/aromatic N) is 4. The molecule has 2 aromatic rings. The molecule has 1 aromatic heterocycles. The van der Waals surface area contributed by atoms with Crippen molar-refractivity contribution in [3.63, 3.8) is 0 Å². The first-order chi connectivity index (χ1) is 16.7. The van der Waals surface area contributed by atoms with Gasteiger partial charge in [-0.15, -0.1) is 0 Å². The summed E-state index contributed by atoms with van der Waals surface area (Å²) in [5.74, 6) is 1.50. The smallest absolute Gasteiger partial charge is 0.320 e. The average Bonchev–Trinajstić information content (AvgIpc) is 2.83. The molecule has 10 heteroatoms. The van der Waals surface area contributed by atoms with Crippen LogP contribution in [0.5, 0.6) is 11.5 Å². The number of hydrogen-bond acceptors (Lipinski definition) is 6. The van der Waals surface area contributed by atoms with Gasteiger partial charge in [-0.2, -0.15) is 0 Å². The first kappa shape index (κ1) is 26.1. The normalized spacial score (nSPS) is 16.8. The third kappa shape index (κ3) is 4.97. The van der Waals surface area contributed by atoms with Gasteiger partial charge in [0.15, 0.2) is 0 Å². The Morgan fingerprint density at radius 2 is 1.71 bits per heavy atom. The second-order valence-electron chi connectivity index (χ2n) is 9.01. The number of pyridine rings is 1. The van der Waals surface area contributed by atoms with Gasteiger partial charge in [0.1, 0.15) is 11.5 Å². The van der Waals surface area contributed by atoms with Gasteiger partial charge in [0, 0.05) is 51.1 Å². The maximum absolute atomic E-state index is 13.2. The van der Waals surface area contributed by atoms with Crippen molar-refractivity contribution in [3.05, 3.63) is 45.4 Å². The van der Waals surface area contributed by atoms with E-state index >= 15 is 0 Å². The van der Waals surface area contributed by atoms with E-state index in [4.69, 9.17) is 19.4 Å². The fourth-order valence-corrected chi connectivity index (χ4v) is 4.97. The largest absolute Gasteiger partial charge is 0.496 e. The van der Waals surface area contributed by atoms with E-state index in [9.17, 15) is 9.59 Å². The van der Waals surface area contributed by atoms with E-state index in [1.807, 2.05) is 44.4 Å². The standard InChI is InChI=1S/C24H32N4O4.CH2O2/c1-25(2)13-18-20(31-5)11-15(12-21(18)32-6)17-14-27(4)23(29)22-16(17)7-10-28-19(22)8-9-26(3)24(28)30;2-1-3/h11-12,14,19H,7-10,13H2,1-6H3;1H,(H,2,3). The molecule has 0 radical (unpaired) electrons. The number of benzene rings is 1. The number of carbonyl (C=O) groups excluding carboxylic acids is 1. The Morgan fingerprint density at radius 3 is 2.26 bits per heavy atom. The van der Waals surface area contributed by atoms with Crippen molar-refractivity contribution >= 4 is 12.5 Å². The van der Waals surface area contributed by atoms with Crippen molar-refractivity contribution in [2.24, 2.45) is 7.05 Å². The average molecular weight is 487 g/mol. The zero-order valence-electron chi connectivity index (χ0n) is 21.2. The lowest BCUT2D eigenvalue weighted by molar-refractivity contribution is -0.122. The van der Waals surface area contributed by atoms with Crippen LogP contribution in [0.3, 0.4) is 0 Å². The van der Waals surface area contributed by atoms with Gasteiger partial charge in [-0.25, -0.2) is 4.79 Å². The molecule has 35 heavy (non-hydrogen) atoms. The molecule has 2 aliphatic heterocycles. The summed E-state index contributed by atoms with van der Waals surface area (Å²) in [5.41, 5.74) is 4.65. The Hall–Kier alpha value is -3.53. The van der Waals surface area contributed by atoms with Crippen LogP contribution >= 0.6 is 0 Å². The number of hydrogen-bond donors (Lipinski definition) is 1. The quantitative estimate of drug-likeness (QED) is 0.646. The summed E-state index contributed by atoms with van der Waals surface area (Å²) in [6.45, 7) is 1.69. The van der Waals surface area contributed by atoms with E-state index in [0.717, 1.165) is 45.7 Å². The van der Waals surface area contributed by atoms with Crippen molar-refractivity contribution in [3.8, 4) is 22.6 Å². The second kappa shape index (κ2) is 10.8. The van der Waals surface area contributed by atoms with Gasteiger partial charge in [-0.05, 0) is 50.2 Å². The SMILES string of the molecule is COc1cc(-c2cn(C)c(=O)c3c2CCN2C(=O)N(C)CCC32)cc(OC)c1CN(C)C.O=CO. The first-order valence-electron chi connectivity index (χ1n) is 11.4. The Balaban J connectivity index is 0.00000108. The van der Waals surface area contributed by atoms with Crippen LogP contribution < -0.4 is 15.0 Å². The predicted octanol–water partition coefficient (Wildman–Crippen LogP) is 2.19. The summed E-state index contributed by atoms with van der Waals surface area (Å²) in [6.07, 6.45) is 3.29. The zero-order chi connectivity index (χ0) is 25.9. The molecule has 4 rings (SSSR count). The Kier molecular flexibility index (Phi) is 8.06. The number of rotatable bonds is 5. The number of carboxylic acid groups (broad SMARTS) is 1. The van der Waals surface area contributed by atoms with Gasteiger partial charge in [-0.3, -0.25) is 9.59 Å².